The van der Waals surface area contributed by atoms with Gasteiger partial charge in [0.05, 0.1) is 0 Å². The quantitative estimate of drug-likeness (QED) is 0.825. The molecule has 0 spiro atoms. The van der Waals surface area contributed by atoms with Crippen LogP contribution in [0.4, 0.5) is 0 Å². The van der Waals surface area contributed by atoms with Crippen molar-refractivity contribution in [3.8, 4) is 0 Å². The maximum atomic E-state index is 4.11. The van der Waals surface area contributed by atoms with Gasteiger partial charge in [0.15, 0.2) is 0 Å². The molecular formula is C19H34N2. The molecule has 2 N–H and O–H groups in total. The van der Waals surface area contributed by atoms with E-state index in [9.17, 15) is 0 Å². The van der Waals surface area contributed by atoms with Crippen LogP contribution in [-0.2, 0) is 0 Å². The third kappa shape index (κ3) is 2.91. The van der Waals surface area contributed by atoms with Gasteiger partial charge in [-0.3, -0.25) is 0 Å². The van der Waals surface area contributed by atoms with Crippen molar-refractivity contribution in [3.05, 3.63) is 0 Å². The summed E-state index contributed by atoms with van der Waals surface area (Å²) in [4.78, 5) is 0. The van der Waals surface area contributed by atoms with Crippen LogP contribution in [0.5, 0.6) is 0 Å². The molecule has 0 aromatic heterocycles. The first-order valence-electron chi connectivity index (χ1n) is 9.80. The maximum absolute atomic E-state index is 4.11. The van der Waals surface area contributed by atoms with Gasteiger partial charge in [0.1, 0.15) is 0 Å². The number of nitrogens with one attached hydrogen (secondary N) is 2. The highest BCUT2D eigenvalue weighted by atomic mass is 15.0. The first-order chi connectivity index (χ1) is 10.3. The summed E-state index contributed by atoms with van der Waals surface area (Å²) >= 11 is 0. The van der Waals surface area contributed by atoms with Crippen LogP contribution in [-0.4, -0.2) is 24.7 Å². The predicted molar refractivity (Wildman–Crippen MR) is 88.3 cm³/mol. The third-order valence-corrected chi connectivity index (χ3v) is 7.35. The zero-order valence-electron chi connectivity index (χ0n) is 13.8. The van der Waals surface area contributed by atoms with E-state index in [0.29, 0.717) is 0 Å². The summed E-state index contributed by atoms with van der Waals surface area (Å²) in [5.41, 5.74) is 0. The van der Waals surface area contributed by atoms with Crippen LogP contribution in [0, 0.1) is 23.7 Å². The van der Waals surface area contributed by atoms with E-state index < -0.39 is 0 Å². The lowest BCUT2D eigenvalue weighted by Gasteiger charge is -2.37. The van der Waals surface area contributed by atoms with Crippen molar-refractivity contribution in [1.29, 1.82) is 0 Å². The van der Waals surface area contributed by atoms with Crippen LogP contribution in [0.25, 0.3) is 0 Å². The van der Waals surface area contributed by atoms with Gasteiger partial charge >= 0.3 is 0 Å². The number of hydrogen-bond donors (Lipinski definition) is 2. The summed E-state index contributed by atoms with van der Waals surface area (Å²) in [5, 5.41) is 7.93. The van der Waals surface area contributed by atoms with Gasteiger partial charge in [-0.2, -0.15) is 0 Å². The van der Waals surface area contributed by atoms with Crippen molar-refractivity contribution < 1.29 is 0 Å². The number of rotatable bonds is 4. The van der Waals surface area contributed by atoms with E-state index in [1.807, 2.05) is 0 Å². The minimum Gasteiger partial charge on any atom is -0.314 e. The summed E-state index contributed by atoms with van der Waals surface area (Å²) in [6.07, 6.45) is 14.7. The maximum Gasteiger partial charge on any atom is 0.0113 e. The Bertz CT molecular complexity index is 349. The second-order valence-electron chi connectivity index (χ2n) is 8.55. The lowest BCUT2D eigenvalue weighted by molar-refractivity contribution is 0.204. The monoisotopic (exact) mass is 290 g/mol. The minimum absolute atomic E-state index is 0.759. The van der Waals surface area contributed by atoms with E-state index in [1.165, 1.54) is 64.3 Å². The Morgan fingerprint density at radius 3 is 2.62 bits per heavy atom. The van der Waals surface area contributed by atoms with Crippen molar-refractivity contribution in [2.24, 2.45) is 23.7 Å². The smallest absolute Gasteiger partial charge is 0.0113 e. The molecule has 3 saturated carbocycles. The van der Waals surface area contributed by atoms with Crippen molar-refractivity contribution >= 4 is 0 Å². The highest BCUT2D eigenvalue weighted by molar-refractivity contribution is 4.98. The highest BCUT2D eigenvalue weighted by Gasteiger charge is 2.43. The van der Waals surface area contributed by atoms with Crippen molar-refractivity contribution in [2.45, 2.75) is 89.3 Å². The van der Waals surface area contributed by atoms with Crippen LogP contribution in [0.3, 0.4) is 0 Å². The molecule has 0 aromatic carbocycles. The summed E-state index contributed by atoms with van der Waals surface area (Å²) in [6, 6.07) is 2.37. The first-order valence-corrected chi connectivity index (χ1v) is 9.80. The fraction of sp³-hybridized carbons (Fsp3) is 1.00. The molecule has 120 valence electrons. The van der Waals surface area contributed by atoms with Gasteiger partial charge in [0, 0.05) is 18.1 Å². The molecule has 4 rings (SSSR count). The molecule has 1 heterocycles. The first kappa shape index (κ1) is 14.5. The molecule has 4 aliphatic rings. The average molecular weight is 290 g/mol. The van der Waals surface area contributed by atoms with E-state index in [4.69, 9.17) is 0 Å². The Morgan fingerprint density at radius 1 is 0.952 bits per heavy atom. The van der Waals surface area contributed by atoms with Crippen LogP contribution in [0.1, 0.15) is 71.1 Å². The van der Waals surface area contributed by atoms with Gasteiger partial charge in [0.25, 0.3) is 0 Å². The molecule has 7 atom stereocenters. The standard InChI is InChI=1S/C19H34N2/c1-13(17-12-14-8-9-15(17)11-14)21-19-7-4-5-16(19)18-6-2-3-10-20-18/h13-21H,2-12H2,1H3. The molecule has 2 nitrogen and oxygen atoms in total. The third-order valence-electron chi connectivity index (χ3n) is 7.35. The Kier molecular flexibility index (Phi) is 4.28. The van der Waals surface area contributed by atoms with E-state index in [-0.39, 0.29) is 0 Å². The van der Waals surface area contributed by atoms with Crippen LogP contribution < -0.4 is 10.6 Å². The minimum atomic E-state index is 0.759. The average Bonchev–Trinajstić information content (AvgIpc) is 3.24. The Balaban J connectivity index is 1.34. The van der Waals surface area contributed by atoms with Gasteiger partial charge in [0.2, 0.25) is 0 Å². The Morgan fingerprint density at radius 2 is 1.90 bits per heavy atom. The molecule has 0 radical (unpaired) electrons. The normalized spacial score (nSPS) is 47.9. The Labute approximate surface area is 130 Å². The van der Waals surface area contributed by atoms with Gasteiger partial charge in [-0.15, -0.1) is 0 Å². The summed E-state index contributed by atoms with van der Waals surface area (Å²) < 4.78 is 0. The number of fused-ring (bicyclic) bond motifs is 2. The molecule has 2 heteroatoms. The lowest BCUT2D eigenvalue weighted by Crippen LogP contribution is -2.50. The van der Waals surface area contributed by atoms with Crippen LogP contribution in [0.15, 0.2) is 0 Å². The van der Waals surface area contributed by atoms with E-state index in [2.05, 4.69) is 17.6 Å². The summed E-state index contributed by atoms with van der Waals surface area (Å²) in [6.45, 7) is 3.75. The zero-order chi connectivity index (χ0) is 14.2. The molecular weight excluding hydrogens is 256 g/mol. The molecule has 3 aliphatic carbocycles. The molecule has 2 bridgehead atoms. The lowest BCUT2D eigenvalue weighted by atomic mass is 9.82. The van der Waals surface area contributed by atoms with E-state index in [0.717, 1.165) is 41.8 Å². The highest BCUT2D eigenvalue weighted by Crippen LogP contribution is 2.49. The van der Waals surface area contributed by atoms with Gasteiger partial charge in [-0.1, -0.05) is 19.3 Å². The fourth-order valence-corrected chi connectivity index (χ4v) is 6.29. The predicted octanol–water partition coefficient (Wildman–Crippen LogP) is 3.71. The second kappa shape index (κ2) is 6.20. The van der Waals surface area contributed by atoms with Gasteiger partial charge in [-0.25, -0.2) is 0 Å². The molecule has 7 unspecified atom stereocenters. The SMILES string of the molecule is CC(NC1CCCC1C1CCCCN1)C1CC2CCC1C2. The Hall–Kier alpha value is -0.0800. The molecule has 1 saturated heterocycles. The number of piperidine rings is 1. The van der Waals surface area contributed by atoms with Crippen molar-refractivity contribution in [1.82, 2.24) is 10.6 Å². The summed E-state index contributed by atoms with van der Waals surface area (Å²) in [5.74, 6) is 4.05. The molecule has 1 aliphatic heterocycles. The zero-order valence-corrected chi connectivity index (χ0v) is 13.8. The van der Waals surface area contributed by atoms with Crippen LogP contribution >= 0.6 is 0 Å². The van der Waals surface area contributed by atoms with Crippen molar-refractivity contribution in [3.63, 3.8) is 0 Å². The molecule has 4 fully saturated rings. The van der Waals surface area contributed by atoms with Gasteiger partial charge in [-0.05, 0) is 82.1 Å². The van der Waals surface area contributed by atoms with Crippen LogP contribution in [0.2, 0.25) is 0 Å². The largest absolute Gasteiger partial charge is 0.314 e. The topological polar surface area (TPSA) is 24.1 Å². The summed E-state index contributed by atoms with van der Waals surface area (Å²) in [7, 11) is 0. The molecule has 0 amide bonds. The van der Waals surface area contributed by atoms with Crippen molar-refractivity contribution in [2.75, 3.05) is 6.54 Å². The second-order valence-corrected chi connectivity index (χ2v) is 8.55. The van der Waals surface area contributed by atoms with E-state index >= 15 is 0 Å². The fourth-order valence-electron chi connectivity index (χ4n) is 6.29. The molecule has 21 heavy (non-hydrogen) atoms. The van der Waals surface area contributed by atoms with E-state index in [1.54, 1.807) is 6.42 Å². The number of hydrogen-bond acceptors (Lipinski definition) is 2. The molecule has 0 aromatic rings. The van der Waals surface area contributed by atoms with Gasteiger partial charge < -0.3 is 10.6 Å².